The van der Waals surface area contributed by atoms with Crippen molar-refractivity contribution in [3.05, 3.63) is 99.1 Å². The first-order valence-corrected chi connectivity index (χ1v) is 13.2. The van der Waals surface area contributed by atoms with Gasteiger partial charge >= 0.3 is 0 Å². The van der Waals surface area contributed by atoms with Crippen molar-refractivity contribution in [2.24, 2.45) is 14.1 Å². The molecule has 0 saturated heterocycles. The standard InChI is InChI=1S/C13H9Cl2N5O.C13H9Cl2N5/c1-19-13(8-3-2-4-20(21)7-8)17-12(18-19)11-9(14)5-16-6-10(11)15;1-20-13(8-3-2-4-16-5-8)18-12(19-20)11-9(14)6-17-7-10(11)15/h2-7H,1H3;2-7H,1H3. The average molecular weight is 628 g/mol. The van der Waals surface area contributed by atoms with Crippen molar-refractivity contribution in [2.45, 2.75) is 0 Å². The maximum atomic E-state index is 11.4. The third kappa shape index (κ3) is 6.13. The third-order valence-electron chi connectivity index (χ3n) is 5.63. The molecule has 206 valence electrons. The topological polar surface area (TPSA) is 127 Å². The quantitative estimate of drug-likeness (QED) is 0.179. The van der Waals surface area contributed by atoms with Crippen molar-refractivity contribution >= 4 is 46.4 Å². The van der Waals surface area contributed by atoms with Gasteiger partial charge in [0, 0.05) is 62.9 Å². The van der Waals surface area contributed by atoms with Crippen LogP contribution in [0, 0.1) is 5.21 Å². The lowest BCUT2D eigenvalue weighted by Crippen LogP contribution is -2.24. The summed E-state index contributed by atoms with van der Waals surface area (Å²) in [7, 11) is 3.54. The zero-order valence-corrected chi connectivity index (χ0v) is 24.3. The molecule has 0 N–H and O–H groups in total. The average Bonchev–Trinajstić information content (AvgIpc) is 3.51. The SMILES string of the molecule is Cn1nc(-c2c(Cl)cncc2Cl)nc1-c1ccc[n+]([O-])c1.Cn1nc(-c2c(Cl)cncc2Cl)nc1-c1cccnc1. The summed E-state index contributed by atoms with van der Waals surface area (Å²) in [6.07, 6.45) is 12.2. The van der Waals surface area contributed by atoms with Crippen molar-refractivity contribution in [1.29, 1.82) is 0 Å². The Balaban J connectivity index is 0.000000165. The lowest BCUT2D eigenvalue weighted by atomic mass is 10.2. The Kier molecular flexibility index (Phi) is 8.41. The van der Waals surface area contributed by atoms with Crippen molar-refractivity contribution in [3.63, 3.8) is 0 Å². The highest BCUT2D eigenvalue weighted by Gasteiger charge is 2.18. The number of aryl methyl sites for hydroxylation is 2. The molecule has 0 aliphatic heterocycles. The summed E-state index contributed by atoms with van der Waals surface area (Å²) in [5.41, 5.74) is 2.61. The molecule has 0 fully saturated rings. The number of aromatic nitrogens is 10. The fourth-order valence-corrected chi connectivity index (χ4v) is 4.88. The molecule has 0 aliphatic carbocycles. The van der Waals surface area contributed by atoms with Crippen LogP contribution in [-0.4, -0.2) is 44.5 Å². The van der Waals surface area contributed by atoms with Crippen LogP contribution in [0.15, 0.2) is 73.8 Å². The van der Waals surface area contributed by atoms with Crippen molar-refractivity contribution in [3.8, 4) is 45.6 Å². The molecule has 0 amide bonds. The third-order valence-corrected chi connectivity index (χ3v) is 6.78. The van der Waals surface area contributed by atoms with Crippen LogP contribution in [-0.2, 0) is 14.1 Å². The van der Waals surface area contributed by atoms with Gasteiger partial charge in [-0.25, -0.2) is 19.3 Å². The van der Waals surface area contributed by atoms with E-state index in [1.54, 1.807) is 40.9 Å². The Labute approximate surface area is 253 Å². The highest BCUT2D eigenvalue weighted by molar-refractivity contribution is 6.39. The summed E-state index contributed by atoms with van der Waals surface area (Å²) >= 11 is 24.5. The van der Waals surface area contributed by atoms with E-state index in [0.29, 0.717) is 64.8 Å². The number of halogens is 4. The minimum Gasteiger partial charge on any atom is -0.619 e. The van der Waals surface area contributed by atoms with Gasteiger partial charge in [-0.15, -0.1) is 0 Å². The summed E-state index contributed by atoms with van der Waals surface area (Å²) < 4.78 is 3.94. The monoisotopic (exact) mass is 626 g/mol. The van der Waals surface area contributed by atoms with Crippen LogP contribution in [0.4, 0.5) is 0 Å². The normalized spacial score (nSPS) is 10.8. The molecule has 0 radical (unpaired) electrons. The summed E-state index contributed by atoms with van der Waals surface area (Å²) in [5, 5.41) is 21.6. The van der Waals surface area contributed by atoms with E-state index in [2.05, 4.69) is 35.1 Å². The molecule has 0 spiro atoms. The number of hydrogen-bond acceptors (Lipinski definition) is 8. The Bertz CT molecular complexity index is 1800. The molecule has 11 nitrogen and oxygen atoms in total. The predicted molar refractivity (Wildman–Crippen MR) is 156 cm³/mol. The predicted octanol–water partition coefficient (Wildman–Crippen LogP) is 5.73. The molecule has 0 unspecified atom stereocenters. The Hall–Kier alpha value is -4.16. The van der Waals surface area contributed by atoms with Crippen LogP contribution in [0.1, 0.15) is 0 Å². The summed E-state index contributed by atoms with van der Waals surface area (Å²) in [6, 6.07) is 7.17. The second-order valence-corrected chi connectivity index (χ2v) is 10.0. The van der Waals surface area contributed by atoms with Gasteiger partial charge in [0.2, 0.25) is 0 Å². The first-order chi connectivity index (χ1) is 19.7. The largest absolute Gasteiger partial charge is 0.619 e. The lowest BCUT2D eigenvalue weighted by molar-refractivity contribution is -0.604. The fourth-order valence-electron chi connectivity index (χ4n) is 3.82. The molecule has 41 heavy (non-hydrogen) atoms. The van der Waals surface area contributed by atoms with Crippen LogP contribution >= 0.6 is 46.4 Å². The maximum absolute atomic E-state index is 11.4. The van der Waals surface area contributed by atoms with Gasteiger partial charge in [0.15, 0.2) is 35.7 Å². The molecule has 0 saturated carbocycles. The van der Waals surface area contributed by atoms with Crippen LogP contribution in [0.2, 0.25) is 20.1 Å². The van der Waals surface area contributed by atoms with Crippen molar-refractivity contribution < 1.29 is 4.73 Å². The molecular formula is C26H18Cl4N10O. The molecule has 15 heteroatoms. The van der Waals surface area contributed by atoms with E-state index in [0.717, 1.165) is 5.56 Å². The van der Waals surface area contributed by atoms with Gasteiger partial charge < -0.3 is 5.21 Å². The van der Waals surface area contributed by atoms with E-state index in [1.165, 1.54) is 37.2 Å². The number of hydrogen-bond donors (Lipinski definition) is 0. The van der Waals surface area contributed by atoms with E-state index in [4.69, 9.17) is 46.4 Å². The lowest BCUT2D eigenvalue weighted by Gasteiger charge is -2.00. The maximum Gasteiger partial charge on any atom is 0.191 e. The van der Waals surface area contributed by atoms with Gasteiger partial charge in [-0.05, 0) is 18.2 Å². The summed E-state index contributed by atoms with van der Waals surface area (Å²) in [5.74, 6) is 2.08. The number of nitrogens with zero attached hydrogens (tertiary/aromatic N) is 10. The smallest absolute Gasteiger partial charge is 0.191 e. The molecule has 6 rings (SSSR count). The Morgan fingerprint density at radius 1 is 0.659 bits per heavy atom. The first kappa shape index (κ1) is 28.4. The zero-order valence-electron chi connectivity index (χ0n) is 21.3. The second kappa shape index (κ2) is 12.1. The molecule has 0 aliphatic rings. The van der Waals surface area contributed by atoms with Gasteiger partial charge in [0.25, 0.3) is 0 Å². The van der Waals surface area contributed by atoms with Gasteiger partial charge in [-0.3, -0.25) is 15.0 Å². The van der Waals surface area contributed by atoms with Gasteiger partial charge in [0.1, 0.15) is 0 Å². The van der Waals surface area contributed by atoms with E-state index in [9.17, 15) is 5.21 Å². The first-order valence-electron chi connectivity index (χ1n) is 11.7. The fraction of sp³-hybridized carbons (Fsp3) is 0.0769. The van der Waals surface area contributed by atoms with Crippen molar-refractivity contribution in [1.82, 2.24) is 44.5 Å². The Morgan fingerprint density at radius 2 is 1.15 bits per heavy atom. The minimum absolute atomic E-state index is 0.367. The summed E-state index contributed by atoms with van der Waals surface area (Å²) in [6.45, 7) is 0. The van der Waals surface area contributed by atoms with Crippen LogP contribution in [0.3, 0.4) is 0 Å². The van der Waals surface area contributed by atoms with E-state index < -0.39 is 0 Å². The molecule has 6 aromatic rings. The van der Waals surface area contributed by atoms with Crippen molar-refractivity contribution in [2.75, 3.05) is 0 Å². The minimum atomic E-state index is 0.367. The zero-order chi connectivity index (χ0) is 29.1. The molecule has 0 bridgehead atoms. The van der Waals surface area contributed by atoms with Crippen LogP contribution < -0.4 is 4.73 Å². The number of pyridine rings is 4. The van der Waals surface area contributed by atoms with E-state index >= 15 is 0 Å². The molecule has 0 aromatic carbocycles. The molecule has 6 heterocycles. The summed E-state index contributed by atoms with van der Waals surface area (Å²) in [4.78, 5) is 20.8. The van der Waals surface area contributed by atoms with Gasteiger partial charge in [-0.1, -0.05) is 46.4 Å². The van der Waals surface area contributed by atoms with Gasteiger partial charge in [0.05, 0.1) is 36.8 Å². The molecule has 6 aromatic heterocycles. The van der Waals surface area contributed by atoms with E-state index in [-0.39, 0.29) is 0 Å². The highest BCUT2D eigenvalue weighted by atomic mass is 35.5. The molecular weight excluding hydrogens is 610 g/mol. The van der Waals surface area contributed by atoms with Gasteiger partial charge in [-0.2, -0.15) is 14.9 Å². The Morgan fingerprint density at radius 3 is 1.61 bits per heavy atom. The number of rotatable bonds is 4. The second-order valence-electron chi connectivity index (χ2n) is 8.42. The highest BCUT2D eigenvalue weighted by Crippen LogP contribution is 2.34. The van der Waals surface area contributed by atoms with Crippen LogP contribution in [0.25, 0.3) is 45.6 Å². The van der Waals surface area contributed by atoms with E-state index in [1.807, 2.05) is 19.2 Å². The molecule has 0 atom stereocenters. The van der Waals surface area contributed by atoms with Crippen LogP contribution in [0.5, 0.6) is 0 Å².